The molecule has 3 saturated heterocycles. The number of halogens is 2. The van der Waals surface area contributed by atoms with Gasteiger partial charge in [-0.1, -0.05) is 41.9 Å². The van der Waals surface area contributed by atoms with Crippen molar-refractivity contribution in [2.45, 2.75) is 92.1 Å². The molecule has 5 unspecified atom stereocenters. The monoisotopic (exact) mass is 1040 g/mol. The van der Waals surface area contributed by atoms with E-state index in [2.05, 4.69) is 55.6 Å². The molecule has 0 aromatic heterocycles. The molecule has 17 heteroatoms. The van der Waals surface area contributed by atoms with E-state index < -0.39 is 42.8 Å². The Morgan fingerprint density at radius 1 is 0.817 bits per heavy atom. The first-order valence-electron chi connectivity index (χ1n) is 24.5. The summed E-state index contributed by atoms with van der Waals surface area (Å²) in [4.78, 5) is 21.7. The van der Waals surface area contributed by atoms with E-state index in [9.17, 15) is 26.7 Å². The van der Waals surface area contributed by atoms with Crippen molar-refractivity contribution in [2.75, 3.05) is 77.7 Å². The predicted molar refractivity (Wildman–Crippen MR) is 287 cm³/mol. The Hall–Kier alpha value is -4.84. The summed E-state index contributed by atoms with van der Waals surface area (Å²) in [5, 5.41) is 13.0. The number of aryl methyl sites for hydroxylation is 1. The maximum atomic E-state index is 15.8. The number of benzene rings is 5. The average molecular weight is 1050 g/mol. The largest absolute Gasteiger partial charge is 0.481 e. The Kier molecular flexibility index (Phi) is 16.6. The van der Waals surface area contributed by atoms with Crippen LogP contribution in [0.25, 0.3) is 0 Å². The van der Waals surface area contributed by atoms with Crippen molar-refractivity contribution in [2.24, 2.45) is 5.92 Å². The first-order valence-corrected chi connectivity index (χ1v) is 29.3. The van der Waals surface area contributed by atoms with E-state index in [4.69, 9.17) is 11.6 Å². The zero-order valence-electron chi connectivity index (χ0n) is 41.0. The first kappa shape index (κ1) is 52.5. The highest BCUT2D eigenvalue weighted by Crippen LogP contribution is 2.51. The van der Waals surface area contributed by atoms with E-state index in [0.717, 1.165) is 54.3 Å². The van der Waals surface area contributed by atoms with Crippen LogP contribution >= 0.6 is 23.4 Å². The van der Waals surface area contributed by atoms with Gasteiger partial charge in [0, 0.05) is 107 Å². The van der Waals surface area contributed by atoms with Crippen LogP contribution in [0.3, 0.4) is 0 Å². The SMILES string of the molecule is Cc1cc(S(=O)(=O)Nc2ccc(N3CCN(c4cc(F)cc(C5C(c6ccc(Cl)cc6)N(C(C)C)C(C)C5S(C)(=O)=O)c4)CC3)cc2)ccc1NC(CCN1CCC(C(=O)O)CC1)CSc1ccccc1. The molecule has 12 nitrogen and oxygen atoms in total. The molecule has 0 bridgehead atoms. The number of likely N-dealkylation sites (tertiary alicyclic amines) is 2. The van der Waals surface area contributed by atoms with Crippen molar-refractivity contribution >= 4 is 71.9 Å². The van der Waals surface area contributed by atoms with Crippen molar-refractivity contribution in [3.05, 3.63) is 143 Å². The predicted octanol–water partition coefficient (Wildman–Crippen LogP) is 10.0. The fourth-order valence-electron chi connectivity index (χ4n) is 10.9. The molecule has 5 aromatic carbocycles. The third-order valence-electron chi connectivity index (χ3n) is 14.5. The molecule has 0 saturated carbocycles. The first-order chi connectivity index (χ1) is 33.8. The molecule has 0 amide bonds. The van der Waals surface area contributed by atoms with Gasteiger partial charge in [-0.25, -0.2) is 21.2 Å². The van der Waals surface area contributed by atoms with Gasteiger partial charge in [0.2, 0.25) is 0 Å². The number of thioether (sulfide) groups is 1. The van der Waals surface area contributed by atoms with E-state index in [1.54, 1.807) is 36.0 Å². The van der Waals surface area contributed by atoms with E-state index in [0.29, 0.717) is 61.0 Å². The van der Waals surface area contributed by atoms with Gasteiger partial charge in [-0.3, -0.25) is 14.4 Å². The normalized spacial score (nSPS) is 21.1. The van der Waals surface area contributed by atoms with Crippen molar-refractivity contribution in [3.8, 4) is 0 Å². The summed E-state index contributed by atoms with van der Waals surface area (Å²) in [7, 11) is -7.48. The Bertz CT molecular complexity index is 2850. The molecule has 71 heavy (non-hydrogen) atoms. The summed E-state index contributed by atoms with van der Waals surface area (Å²) in [6.07, 6.45) is 3.44. The van der Waals surface area contributed by atoms with Crippen LogP contribution in [0.15, 0.2) is 125 Å². The summed E-state index contributed by atoms with van der Waals surface area (Å²) < 4.78 is 73.2. The van der Waals surface area contributed by atoms with Crippen LogP contribution in [0.2, 0.25) is 5.02 Å². The third-order valence-corrected chi connectivity index (χ3v) is 19.0. The third kappa shape index (κ3) is 12.7. The van der Waals surface area contributed by atoms with Crippen LogP contribution < -0.4 is 19.8 Å². The fourth-order valence-corrected chi connectivity index (χ4v) is 14.9. The molecule has 0 spiro atoms. The van der Waals surface area contributed by atoms with Gasteiger partial charge in [-0.2, -0.15) is 0 Å². The van der Waals surface area contributed by atoms with Gasteiger partial charge < -0.3 is 25.1 Å². The highest BCUT2D eigenvalue weighted by molar-refractivity contribution is 7.99. The lowest BCUT2D eigenvalue weighted by molar-refractivity contribution is -0.143. The molecule has 3 aliphatic heterocycles. The molecule has 0 radical (unpaired) electrons. The van der Waals surface area contributed by atoms with Gasteiger partial charge in [-0.05, 0) is 162 Å². The number of carboxylic acids is 1. The molecule has 5 aromatic rings. The highest BCUT2D eigenvalue weighted by atomic mass is 35.5. The van der Waals surface area contributed by atoms with Crippen molar-refractivity contribution in [1.29, 1.82) is 0 Å². The standard InChI is InChI=1S/C54H66ClFN6O6S3/c1-36(2)62-38(4)53(70(5,65)66)51(52(62)39-11-13-42(55)14-12-39)41-32-43(56)34-47(33-41)61-29-27-60(28-30-61)46-17-15-44(16-18-46)58-71(67,68)49-19-20-50(37(3)31-49)57-45(35-69-48-9-7-6-8-10-48)23-26-59-24-21-40(22-25-59)54(63)64/h6-20,31-34,36,38,40,45,51-53,57-58H,21-30,35H2,1-5H3,(H,63,64). The molecule has 3 aliphatic rings. The number of nitrogens with zero attached hydrogens (tertiary/aromatic N) is 4. The Morgan fingerprint density at radius 2 is 1.46 bits per heavy atom. The number of piperazine rings is 1. The van der Waals surface area contributed by atoms with E-state index in [-0.39, 0.29) is 35.0 Å². The van der Waals surface area contributed by atoms with E-state index in [1.165, 1.54) is 23.3 Å². The molecule has 5 atom stereocenters. The summed E-state index contributed by atoms with van der Waals surface area (Å²) in [6.45, 7) is 12.8. The van der Waals surface area contributed by atoms with E-state index >= 15 is 4.39 Å². The second-order valence-corrected chi connectivity index (χ2v) is 25.1. The number of sulfone groups is 1. The fraction of sp³-hybridized carbons (Fsp3) is 0.426. The molecular weight excluding hydrogens is 979 g/mol. The van der Waals surface area contributed by atoms with Crippen molar-refractivity contribution < 1.29 is 31.1 Å². The Morgan fingerprint density at radius 3 is 2.07 bits per heavy atom. The number of hydrogen-bond acceptors (Lipinski definition) is 11. The average Bonchev–Trinajstić information content (AvgIpc) is 3.67. The lowest BCUT2D eigenvalue weighted by Gasteiger charge is -2.38. The number of aliphatic carboxylic acids is 1. The minimum Gasteiger partial charge on any atom is -0.481 e. The summed E-state index contributed by atoms with van der Waals surface area (Å²) in [5.74, 6) is -1.13. The second kappa shape index (κ2) is 22.5. The Balaban J connectivity index is 0.903. The molecule has 3 fully saturated rings. The molecule has 380 valence electrons. The lowest BCUT2D eigenvalue weighted by Crippen LogP contribution is -2.46. The maximum absolute atomic E-state index is 15.8. The molecule has 3 heterocycles. The number of anilines is 4. The quantitative estimate of drug-likeness (QED) is 0.0720. The van der Waals surface area contributed by atoms with Gasteiger partial charge >= 0.3 is 5.97 Å². The van der Waals surface area contributed by atoms with Crippen LogP contribution in [-0.4, -0.2) is 119 Å². The van der Waals surface area contributed by atoms with Crippen molar-refractivity contribution in [3.63, 3.8) is 0 Å². The van der Waals surface area contributed by atoms with Gasteiger partial charge in [0.1, 0.15) is 5.82 Å². The number of carbonyl (C=O) groups is 1. The zero-order chi connectivity index (χ0) is 50.6. The van der Waals surface area contributed by atoms with Crippen molar-refractivity contribution in [1.82, 2.24) is 9.80 Å². The second-order valence-electron chi connectivity index (χ2n) is 19.7. The number of hydrogen-bond donors (Lipinski definition) is 3. The molecule has 0 aliphatic carbocycles. The van der Waals surface area contributed by atoms with Gasteiger partial charge in [0.15, 0.2) is 9.84 Å². The zero-order valence-corrected chi connectivity index (χ0v) is 44.3. The summed E-state index contributed by atoms with van der Waals surface area (Å²) in [5.41, 5.74) is 5.32. The number of nitrogens with one attached hydrogen (secondary N) is 2. The molecule has 8 rings (SSSR count). The number of carboxylic acid groups (broad SMARTS) is 1. The highest BCUT2D eigenvalue weighted by Gasteiger charge is 2.53. The number of piperidine rings is 1. The smallest absolute Gasteiger partial charge is 0.306 e. The van der Waals surface area contributed by atoms with Gasteiger partial charge in [0.05, 0.1) is 16.1 Å². The Labute approximate surface area is 428 Å². The minimum absolute atomic E-state index is 0.0237. The lowest BCUT2D eigenvalue weighted by atomic mass is 9.86. The molecule has 3 N–H and O–H groups in total. The topological polar surface area (TPSA) is 143 Å². The summed E-state index contributed by atoms with van der Waals surface area (Å²) >= 11 is 8.06. The van der Waals surface area contributed by atoms with Crippen LogP contribution in [0.1, 0.15) is 68.7 Å². The minimum atomic E-state index is -3.92. The van der Waals surface area contributed by atoms with Crippen LogP contribution in [0, 0.1) is 18.7 Å². The van der Waals surface area contributed by atoms with Gasteiger partial charge in [-0.15, -0.1) is 11.8 Å². The maximum Gasteiger partial charge on any atom is 0.306 e. The number of sulfonamides is 1. The summed E-state index contributed by atoms with van der Waals surface area (Å²) in [6, 6.07) is 34.7. The van der Waals surface area contributed by atoms with Gasteiger partial charge in [0.25, 0.3) is 10.0 Å². The van der Waals surface area contributed by atoms with Crippen LogP contribution in [0.4, 0.5) is 27.1 Å². The van der Waals surface area contributed by atoms with Crippen LogP contribution in [0.5, 0.6) is 0 Å². The number of rotatable bonds is 18. The van der Waals surface area contributed by atoms with E-state index in [1.807, 2.05) is 80.6 Å². The van der Waals surface area contributed by atoms with Crippen LogP contribution in [-0.2, 0) is 24.7 Å². The molecular formula is C54H66ClFN6O6S3.